The topological polar surface area (TPSA) is 90.1 Å². The van der Waals surface area contributed by atoms with Crippen LogP contribution in [0, 0.1) is 0 Å². The molecule has 20 heavy (non-hydrogen) atoms. The molecule has 3 aromatic rings. The van der Waals surface area contributed by atoms with Crippen LogP contribution in [-0.2, 0) is 13.0 Å². The standard InChI is InChI=1S/C13H14N4O3/c18-5-1-3-10-8-17(16-14-10)9-11-7-13(20-15-11)12-4-2-6-19-12/h2,4,6-8,18H,1,3,5,9H2. The Hall–Kier alpha value is -2.41. The highest BCUT2D eigenvalue weighted by atomic mass is 16.5. The Kier molecular flexibility index (Phi) is 3.60. The van der Waals surface area contributed by atoms with E-state index in [1.54, 1.807) is 17.0 Å². The van der Waals surface area contributed by atoms with E-state index in [2.05, 4.69) is 15.5 Å². The van der Waals surface area contributed by atoms with E-state index in [9.17, 15) is 0 Å². The summed E-state index contributed by atoms with van der Waals surface area (Å²) in [5, 5.41) is 20.8. The fraction of sp³-hybridized carbons (Fsp3) is 0.308. The molecule has 0 amide bonds. The highest BCUT2D eigenvalue weighted by molar-refractivity contribution is 5.49. The maximum absolute atomic E-state index is 8.78. The van der Waals surface area contributed by atoms with Gasteiger partial charge in [-0.25, -0.2) is 4.68 Å². The maximum Gasteiger partial charge on any atom is 0.202 e. The lowest BCUT2D eigenvalue weighted by Gasteiger charge is -1.93. The summed E-state index contributed by atoms with van der Waals surface area (Å²) < 4.78 is 12.1. The van der Waals surface area contributed by atoms with Crippen LogP contribution in [0.1, 0.15) is 17.8 Å². The second kappa shape index (κ2) is 5.70. The molecule has 0 bridgehead atoms. The van der Waals surface area contributed by atoms with Gasteiger partial charge >= 0.3 is 0 Å². The molecule has 0 aromatic carbocycles. The Morgan fingerprint density at radius 3 is 3.00 bits per heavy atom. The van der Waals surface area contributed by atoms with Gasteiger partial charge in [0.1, 0.15) is 5.69 Å². The molecule has 104 valence electrons. The minimum atomic E-state index is 0.155. The summed E-state index contributed by atoms with van der Waals surface area (Å²) in [6, 6.07) is 5.42. The van der Waals surface area contributed by atoms with Crippen molar-refractivity contribution in [1.29, 1.82) is 0 Å². The third-order valence-electron chi connectivity index (χ3n) is 2.82. The van der Waals surface area contributed by atoms with Crippen molar-refractivity contribution < 1.29 is 14.0 Å². The molecular formula is C13H14N4O3. The van der Waals surface area contributed by atoms with Crippen molar-refractivity contribution in [2.24, 2.45) is 0 Å². The Morgan fingerprint density at radius 2 is 2.20 bits per heavy atom. The van der Waals surface area contributed by atoms with Crippen LogP contribution in [-0.4, -0.2) is 31.9 Å². The largest absolute Gasteiger partial charge is 0.461 e. The quantitative estimate of drug-likeness (QED) is 0.732. The second-order valence-corrected chi connectivity index (χ2v) is 4.39. The van der Waals surface area contributed by atoms with Gasteiger partial charge in [0.2, 0.25) is 5.76 Å². The van der Waals surface area contributed by atoms with Gasteiger partial charge in [-0.3, -0.25) is 0 Å². The molecule has 0 radical (unpaired) electrons. The molecule has 1 N–H and O–H groups in total. The van der Waals surface area contributed by atoms with E-state index in [0.717, 1.165) is 11.4 Å². The first-order chi connectivity index (χ1) is 9.85. The number of nitrogens with zero attached hydrogens (tertiary/aromatic N) is 4. The van der Waals surface area contributed by atoms with Crippen LogP contribution in [0.25, 0.3) is 11.5 Å². The van der Waals surface area contributed by atoms with Crippen molar-refractivity contribution in [3.63, 3.8) is 0 Å². The van der Waals surface area contributed by atoms with E-state index >= 15 is 0 Å². The Labute approximate surface area is 114 Å². The minimum Gasteiger partial charge on any atom is -0.461 e. The maximum atomic E-state index is 8.78. The summed E-state index contributed by atoms with van der Waals surface area (Å²) in [4.78, 5) is 0. The first-order valence-electron chi connectivity index (χ1n) is 6.34. The van der Waals surface area contributed by atoms with Gasteiger partial charge < -0.3 is 14.0 Å². The van der Waals surface area contributed by atoms with Crippen LogP contribution >= 0.6 is 0 Å². The Balaban J connectivity index is 1.67. The molecular weight excluding hydrogens is 260 g/mol. The van der Waals surface area contributed by atoms with Crippen LogP contribution in [0.2, 0.25) is 0 Å². The molecule has 0 atom stereocenters. The van der Waals surface area contributed by atoms with Crippen molar-refractivity contribution in [2.45, 2.75) is 19.4 Å². The van der Waals surface area contributed by atoms with Crippen LogP contribution in [0.3, 0.4) is 0 Å². The number of hydrogen-bond acceptors (Lipinski definition) is 6. The van der Waals surface area contributed by atoms with E-state index in [1.165, 1.54) is 0 Å². The molecule has 0 saturated carbocycles. The van der Waals surface area contributed by atoms with Crippen molar-refractivity contribution in [1.82, 2.24) is 20.2 Å². The van der Waals surface area contributed by atoms with Crippen molar-refractivity contribution in [3.05, 3.63) is 42.0 Å². The van der Waals surface area contributed by atoms with Crippen LogP contribution < -0.4 is 0 Å². The lowest BCUT2D eigenvalue weighted by atomic mass is 10.2. The lowest BCUT2D eigenvalue weighted by molar-refractivity contribution is 0.288. The summed E-state index contributed by atoms with van der Waals surface area (Å²) in [7, 11) is 0. The summed E-state index contributed by atoms with van der Waals surface area (Å²) >= 11 is 0. The fourth-order valence-corrected chi connectivity index (χ4v) is 1.88. The molecule has 7 nitrogen and oxygen atoms in total. The summed E-state index contributed by atoms with van der Waals surface area (Å²) in [5.41, 5.74) is 1.60. The van der Waals surface area contributed by atoms with Crippen LogP contribution in [0.5, 0.6) is 0 Å². The molecule has 0 saturated heterocycles. The number of hydrogen-bond donors (Lipinski definition) is 1. The van der Waals surface area contributed by atoms with Gasteiger partial charge in [-0.05, 0) is 25.0 Å². The normalized spacial score (nSPS) is 11.1. The first-order valence-corrected chi connectivity index (χ1v) is 6.34. The molecule has 3 aromatic heterocycles. The van der Waals surface area contributed by atoms with E-state index in [4.69, 9.17) is 14.0 Å². The molecule has 7 heteroatoms. The Bertz CT molecular complexity index is 657. The Morgan fingerprint density at radius 1 is 1.25 bits per heavy atom. The van der Waals surface area contributed by atoms with E-state index in [-0.39, 0.29) is 6.61 Å². The highest BCUT2D eigenvalue weighted by Gasteiger charge is 2.10. The summed E-state index contributed by atoms with van der Waals surface area (Å²) in [6.07, 6.45) is 4.83. The zero-order valence-electron chi connectivity index (χ0n) is 10.8. The number of aryl methyl sites for hydroxylation is 1. The number of rotatable bonds is 6. The molecule has 0 aliphatic heterocycles. The van der Waals surface area contributed by atoms with Gasteiger partial charge in [0, 0.05) is 18.9 Å². The van der Waals surface area contributed by atoms with E-state index in [0.29, 0.717) is 30.9 Å². The molecule has 3 heterocycles. The lowest BCUT2D eigenvalue weighted by Crippen LogP contribution is -2.00. The monoisotopic (exact) mass is 274 g/mol. The minimum absolute atomic E-state index is 0.155. The third kappa shape index (κ3) is 2.77. The third-order valence-corrected chi connectivity index (χ3v) is 2.82. The van der Waals surface area contributed by atoms with Crippen molar-refractivity contribution >= 4 is 0 Å². The summed E-state index contributed by atoms with van der Waals surface area (Å²) in [6.45, 7) is 0.638. The van der Waals surface area contributed by atoms with Crippen LogP contribution in [0.15, 0.2) is 39.6 Å². The van der Waals surface area contributed by atoms with Crippen molar-refractivity contribution in [2.75, 3.05) is 6.61 Å². The molecule has 0 aliphatic rings. The number of furan rings is 1. The molecule has 0 aliphatic carbocycles. The van der Waals surface area contributed by atoms with Gasteiger partial charge in [-0.15, -0.1) is 5.10 Å². The van der Waals surface area contributed by atoms with Crippen molar-refractivity contribution in [3.8, 4) is 11.5 Å². The predicted molar refractivity (Wildman–Crippen MR) is 68.7 cm³/mol. The average Bonchev–Trinajstić information content (AvgIpc) is 3.18. The average molecular weight is 274 g/mol. The van der Waals surface area contributed by atoms with Crippen LogP contribution in [0.4, 0.5) is 0 Å². The molecule has 0 unspecified atom stereocenters. The molecule has 0 spiro atoms. The van der Waals surface area contributed by atoms with E-state index in [1.807, 2.05) is 18.3 Å². The SMILES string of the molecule is OCCCc1cn(Cc2cc(-c3ccco3)on2)nn1. The van der Waals surface area contributed by atoms with E-state index < -0.39 is 0 Å². The van der Waals surface area contributed by atoms with Gasteiger partial charge in [-0.2, -0.15) is 0 Å². The fourth-order valence-electron chi connectivity index (χ4n) is 1.88. The van der Waals surface area contributed by atoms with Gasteiger partial charge in [-0.1, -0.05) is 10.4 Å². The zero-order chi connectivity index (χ0) is 13.8. The number of aliphatic hydroxyl groups excluding tert-OH is 1. The smallest absolute Gasteiger partial charge is 0.202 e. The predicted octanol–water partition coefficient (Wildman–Crippen LogP) is 1.50. The second-order valence-electron chi connectivity index (χ2n) is 4.39. The van der Waals surface area contributed by atoms with Gasteiger partial charge in [0.05, 0.1) is 18.5 Å². The van der Waals surface area contributed by atoms with Gasteiger partial charge in [0.15, 0.2) is 5.76 Å². The molecule has 0 fully saturated rings. The number of aliphatic hydroxyl groups is 1. The highest BCUT2D eigenvalue weighted by Crippen LogP contribution is 2.20. The summed E-state index contributed by atoms with van der Waals surface area (Å²) in [5.74, 6) is 1.23. The zero-order valence-corrected chi connectivity index (χ0v) is 10.8. The first kappa shape index (κ1) is 12.6. The van der Waals surface area contributed by atoms with Gasteiger partial charge in [0.25, 0.3) is 0 Å². The number of aromatic nitrogens is 4. The molecule has 3 rings (SSSR count).